The van der Waals surface area contributed by atoms with E-state index in [4.69, 9.17) is 4.74 Å². The zero-order valence-electron chi connectivity index (χ0n) is 9.62. The molecule has 0 aromatic carbocycles. The SMILES string of the molecule is CC(=O)OC1CC(CC(C)C)N(C)C1. The van der Waals surface area contributed by atoms with E-state index in [-0.39, 0.29) is 12.1 Å². The summed E-state index contributed by atoms with van der Waals surface area (Å²) in [6.07, 6.45) is 2.30. The van der Waals surface area contributed by atoms with Gasteiger partial charge in [0.2, 0.25) is 0 Å². The molecule has 0 spiro atoms. The van der Waals surface area contributed by atoms with Gasteiger partial charge in [0.05, 0.1) is 0 Å². The fourth-order valence-electron chi connectivity index (χ4n) is 2.17. The minimum atomic E-state index is -0.159. The molecule has 0 N–H and O–H groups in total. The van der Waals surface area contributed by atoms with Crippen molar-refractivity contribution < 1.29 is 9.53 Å². The second-order valence-corrected chi connectivity index (χ2v) is 4.69. The van der Waals surface area contributed by atoms with Crippen molar-refractivity contribution in [2.45, 2.75) is 45.8 Å². The zero-order valence-corrected chi connectivity index (χ0v) is 9.62. The van der Waals surface area contributed by atoms with E-state index in [1.807, 2.05) is 0 Å². The Morgan fingerprint density at radius 2 is 2.21 bits per heavy atom. The molecule has 0 amide bonds. The fourth-order valence-corrected chi connectivity index (χ4v) is 2.17. The average molecular weight is 199 g/mol. The Bertz CT molecular complexity index is 203. The predicted octanol–water partition coefficient (Wildman–Crippen LogP) is 1.67. The molecule has 1 aliphatic rings. The molecule has 0 aromatic rings. The van der Waals surface area contributed by atoms with Gasteiger partial charge in [0.25, 0.3) is 0 Å². The van der Waals surface area contributed by atoms with Gasteiger partial charge in [-0.2, -0.15) is 0 Å². The number of hydrogen-bond donors (Lipinski definition) is 0. The van der Waals surface area contributed by atoms with Gasteiger partial charge in [-0.15, -0.1) is 0 Å². The highest BCUT2D eigenvalue weighted by Crippen LogP contribution is 2.23. The smallest absolute Gasteiger partial charge is 0.302 e. The van der Waals surface area contributed by atoms with Crippen LogP contribution in [0.1, 0.15) is 33.6 Å². The standard InChI is InChI=1S/C11H21NO2/c1-8(2)5-10-6-11(7-12(10)4)14-9(3)13/h8,10-11H,5-7H2,1-4H3. The van der Waals surface area contributed by atoms with Crippen LogP contribution in [-0.2, 0) is 9.53 Å². The van der Waals surface area contributed by atoms with Crippen LogP contribution in [0.15, 0.2) is 0 Å². The van der Waals surface area contributed by atoms with E-state index in [1.54, 1.807) is 0 Å². The third kappa shape index (κ3) is 3.29. The maximum atomic E-state index is 10.8. The molecule has 0 radical (unpaired) electrons. The van der Waals surface area contributed by atoms with Gasteiger partial charge >= 0.3 is 5.97 Å². The molecule has 0 aromatic heterocycles. The lowest BCUT2D eigenvalue weighted by Gasteiger charge is -2.20. The Morgan fingerprint density at radius 3 is 2.71 bits per heavy atom. The molecule has 2 unspecified atom stereocenters. The van der Waals surface area contributed by atoms with Crippen molar-refractivity contribution in [3.63, 3.8) is 0 Å². The molecular weight excluding hydrogens is 178 g/mol. The van der Waals surface area contributed by atoms with E-state index in [0.29, 0.717) is 12.0 Å². The molecule has 1 aliphatic heterocycles. The van der Waals surface area contributed by atoms with Gasteiger partial charge in [-0.25, -0.2) is 0 Å². The predicted molar refractivity (Wildman–Crippen MR) is 56.0 cm³/mol. The van der Waals surface area contributed by atoms with Crippen LogP contribution in [0.25, 0.3) is 0 Å². The summed E-state index contributed by atoms with van der Waals surface area (Å²) in [4.78, 5) is 13.1. The fraction of sp³-hybridized carbons (Fsp3) is 0.909. The van der Waals surface area contributed by atoms with Crippen molar-refractivity contribution in [3.8, 4) is 0 Å². The van der Waals surface area contributed by atoms with Gasteiger partial charge in [0, 0.05) is 25.9 Å². The first kappa shape index (κ1) is 11.5. The van der Waals surface area contributed by atoms with E-state index < -0.39 is 0 Å². The Kier molecular flexibility index (Phi) is 3.93. The van der Waals surface area contributed by atoms with Crippen LogP contribution in [0.2, 0.25) is 0 Å². The number of carbonyl (C=O) groups excluding carboxylic acids is 1. The van der Waals surface area contributed by atoms with Gasteiger partial charge in [0.1, 0.15) is 6.10 Å². The van der Waals surface area contributed by atoms with Crippen LogP contribution >= 0.6 is 0 Å². The van der Waals surface area contributed by atoms with Crippen LogP contribution in [0.3, 0.4) is 0 Å². The Labute approximate surface area is 86.4 Å². The molecule has 14 heavy (non-hydrogen) atoms. The molecular formula is C11H21NO2. The second kappa shape index (κ2) is 4.78. The van der Waals surface area contributed by atoms with E-state index in [1.165, 1.54) is 13.3 Å². The minimum Gasteiger partial charge on any atom is -0.461 e. The lowest BCUT2D eigenvalue weighted by molar-refractivity contribution is -0.145. The van der Waals surface area contributed by atoms with Crippen LogP contribution in [0.4, 0.5) is 0 Å². The van der Waals surface area contributed by atoms with Crippen molar-refractivity contribution in [3.05, 3.63) is 0 Å². The molecule has 1 saturated heterocycles. The van der Waals surface area contributed by atoms with Crippen LogP contribution in [0, 0.1) is 5.92 Å². The summed E-state index contributed by atoms with van der Waals surface area (Å²) in [7, 11) is 2.11. The quantitative estimate of drug-likeness (QED) is 0.647. The first-order valence-corrected chi connectivity index (χ1v) is 5.36. The first-order valence-electron chi connectivity index (χ1n) is 5.36. The summed E-state index contributed by atoms with van der Waals surface area (Å²) in [6.45, 7) is 6.83. The Balaban J connectivity index is 2.39. The molecule has 3 heteroatoms. The topological polar surface area (TPSA) is 29.5 Å². The summed E-state index contributed by atoms with van der Waals surface area (Å²) >= 11 is 0. The normalized spacial score (nSPS) is 28.4. The van der Waals surface area contributed by atoms with Gasteiger partial charge in [-0.1, -0.05) is 13.8 Å². The molecule has 0 bridgehead atoms. The summed E-state index contributed by atoms with van der Waals surface area (Å²) in [5.41, 5.74) is 0. The van der Waals surface area contributed by atoms with E-state index in [0.717, 1.165) is 13.0 Å². The number of esters is 1. The van der Waals surface area contributed by atoms with Crippen molar-refractivity contribution in [1.82, 2.24) is 4.90 Å². The summed E-state index contributed by atoms with van der Waals surface area (Å²) in [5.74, 6) is 0.548. The van der Waals surface area contributed by atoms with E-state index in [2.05, 4.69) is 25.8 Å². The van der Waals surface area contributed by atoms with Crippen LogP contribution < -0.4 is 0 Å². The maximum absolute atomic E-state index is 10.8. The number of likely N-dealkylation sites (tertiary alicyclic amines) is 1. The van der Waals surface area contributed by atoms with Crippen LogP contribution in [0.5, 0.6) is 0 Å². The second-order valence-electron chi connectivity index (χ2n) is 4.69. The Hall–Kier alpha value is -0.570. The lowest BCUT2D eigenvalue weighted by Crippen LogP contribution is -2.26. The highest BCUT2D eigenvalue weighted by atomic mass is 16.5. The number of likely N-dealkylation sites (N-methyl/N-ethyl adjacent to an activating group) is 1. The average Bonchev–Trinajstić information content (AvgIpc) is 2.28. The van der Waals surface area contributed by atoms with Crippen molar-refractivity contribution in [1.29, 1.82) is 0 Å². The van der Waals surface area contributed by atoms with Gasteiger partial charge in [-0.3, -0.25) is 9.69 Å². The zero-order chi connectivity index (χ0) is 10.7. The number of nitrogens with zero attached hydrogens (tertiary/aromatic N) is 1. The van der Waals surface area contributed by atoms with Gasteiger partial charge in [-0.05, 0) is 19.4 Å². The Morgan fingerprint density at radius 1 is 1.57 bits per heavy atom. The summed E-state index contributed by atoms with van der Waals surface area (Å²) in [6, 6.07) is 0.583. The molecule has 82 valence electrons. The van der Waals surface area contributed by atoms with Gasteiger partial charge < -0.3 is 4.74 Å². The third-order valence-corrected chi connectivity index (χ3v) is 2.73. The minimum absolute atomic E-state index is 0.112. The molecule has 0 saturated carbocycles. The molecule has 1 rings (SSSR count). The van der Waals surface area contributed by atoms with E-state index in [9.17, 15) is 4.79 Å². The molecule has 2 atom stereocenters. The summed E-state index contributed by atoms with van der Waals surface area (Å²) < 4.78 is 5.21. The molecule has 0 aliphatic carbocycles. The third-order valence-electron chi connectivity index (χ3n) is 2.73. The highest BCUT2D eigenvalue weighted by molar-refractivity contribution is 5.66. The monoisotopic (exact) mass is 199 g/mol. The van der Waals surface area contributed by atoms with Crippen molar-refractivity contribution >= 4 is 5.97 Å². The van der Waals surface area contributed by atoms with Crippen molar-refractivity contribution in [2.75, 3.05) is 13.6 Å². The van der Waals surface area contributed by atoms with Crippen LogP contribution in [-0.4, -0.2) is 36.6 Å². The number of hydrogen-bond acceptors (Lipinski definition) is 3. The first-order chi connectivity index (χ1) is 6.49. The largest absolute Gasteiger partial charge is 0.461 e. The molecule has 1 heterocycles. The van der Waals surface area contributed by atoms with Crippen molar-refractivity contribution in [2.24, 2.45) is 5.92 Å². The number of rotatable bonds is 3. The summed E-state index contributed by atoms with van der Waals surface area (Å²) in [5, 5.41) is 0. The number of ether oxygens (including phenoxy) is 1. The van der Waals surface area contributed by atoms with E-state index >= 15 is 0 Å². The maximum Gasteiger partial charge on any atom is 0.302 e. The lowest BCUT2D eigenvalue weighted by atomic mass is 10.0. The molecule has 3 nitrogen and oxygen atoms in total. The highest BCUT2D eigenvalue weighted by Gasteiger charge is 2.31. The van der Waals surface area contributed by atoms with Gasteiger partial charge in [0.15, 0.2) is 0 Å². The molecule has 1 fully saturated rings. The number of carbonyl (C=O) groups is 1.